The molecule has 44 heavy (non-hydrogen) atoms. The number of hydrogen-bond donors (Lipinski definition) is 1. The highest BCUT2D eigenvalue weighted by Gasteiger charge is 2.52. The first-order valence-electron chi connectivity index (χ1n) is 14.7. The van der Waals surface area contributed by atoms with Crippen molar-refractivity contribution in [1.29, 1.82) is 5.26 Å². The minimum atomic E-state index is -0.396. The van der Waals surface area contributed by atoms with E-state index in [9.17, 15) is 19.6 Å². The highest BCUT2D eigenvalue weighted by atomic mass is 32.1. The lowest BCUT2D eigenvalue weighted by atomic mass is 9.72. The maximum absolute atomic E-state index is 15.7. The van der Waals surface area contributed by atoms with Gasteiger partial charge in [-0.15, -0.1) is 0 Å². The van der Waals surface area contributed by atoms with Crippen LogP contribution in [0.25, 0.3) is 22.2 Å². The van der Waals surface area contributed by atoms with Crippen molar-refractivity contribution in [1.82, 2.24) is 19.8 Å². The molecule has 3 aliphatic heterocycles. The van der Waals surface area contributed by atoms with Crippen LogP contribution in [-0.2, 0) is 17.6 Å². The fourth-order valence-electron chi connectivity index (χ4n) is 7.02. The number of fused-ring (bicyclic) bond motifs is 2. The van der Waals surface area contributed by atoms with Crippen molar-refractivity contribution in [2.45, 2.75) is 18.9 Å². The number of thiazole rings is 1. The van der Waals surface area contributed by atoms with E-state index in [1.54, 1.807) is 23.1 Å². The fourth-order valence-corrected chi connectivity index (χ4v) is 7.87. The Bertz CT molecular complexity index is 1870. The lowest BCUT2D eigenvalue weighted by Gasteiger charge is -2.61. The first-order chi connectivity index (χ1) is 21.2. The number of carbonyl (C=O) groups is 1. The maximum atomic E-state index is 15.7. The lowest BCUT2D eigenvalue weighted by Crippen LogP contribution is -2.73. The topological polar surface area (TPSA) is 99.8 Å². The Morgan fingerprint density at radius 3 is 2.55 bits per heavy atom. The molecule has 0 bridgehead atoms. The van der Waals surface area contributed by atoms with Crippen LogP contribution < -0.4 is 9.80 Å². The summed E-state index contributed by atoms with van der Waals surface area (Å²) in [6, 6.07) is 11.7. The van der Waals surface area contributed by atoms with Crippen LogP contribution in [0.5, 0.6) is 0 Å². The Morgan fingerprint density at radius 2 is 1.89 bits per heavy atom. The SMILES string of the molecule is CN(c1nc(-c2ccc(F)cc2)c(C#N)s1)c1c2c(nc3c(F)cc(N4CC5(CN(CC(=O)N6CC(O)C6)C5)C4)cc13)CC2. The molecule has 12 heteroatoms. The second kappa shape index (κ2) is 9.92. The average molecular weight is 614 g/mol. The number of anilines is 3. The number of hydrogen-bond acceptors (Lipinski definition) is 9. The van der Waals surface area contributed by atoms with Gasteiger partial charge in [0.2, 0.25) is 5.91 Å². The second-order valence-corrected chi connectivity index (χ2v) is 13.5. The number of carbonyl (C=O) groups excluding carboxylic acids is 1. The molecule has 9 nitrogen and oxygen atoms in total. The van der Waals surface area contributed by atoms with Gasteiger partial charge >= 0.3 is 0 Å². The van der Waals surface area contributed by atoms with E-state index in [1.165, 1.54) is 23.5 Å². The molecule has 3 fully saturated rings. The van der Waals surface area contributed by atoms with Crippen molar-refractivity contribution < 1.29 is 18.7 Å². The standard InChI is InChI=1S/C32H29F2N7O2S/c1-38(31-37-28(26(10-35)44-31)18-2-4-19(33)5-3-18)30-22-6-7-25(22)36-29-23(30)8-20(9-24(29)34)41-16-32(17-41)14-39(15-32)13-27(43)40-11-21(42)12-40/h2-5,8-9,21,42H,6-7,11-17H2,1H3. The number of aromatic nitrogens is 2. The molecular weight excluding hydrogens is 584 g/mol. The van der Waals surface area contributed by atoms with E-state index < -0.39 is 6.10 Å². The van der Waals surface area contributed by atoms with Crippen LogP contribution in [0.2, 0.25) is 0 Å². The van der Waals surface area contributed by atoms with Gasteiger partial charge in [-0.2, -0.15) is 5.26 Å². The Hall–Kier alpha value is -4.18. The molecule has 0 radical (unpaired) electrons. The van der Waals surface area contributed by atoms with E-state index in [-0.39, 0.29) is 23.0 Å². The number of halogens is 2. The third-order valence-corrected chi connectivity index (χ3v) is 10.4. The zero-order chi connectivity index (χ0) is 30.3. The monoisotopic (exact) mass is 613 g/mol. The third-order valence-electron chi connectivity index (χ3n) is 9.36. The summed E-state index contributed by atoms with van der Waals surface area (Å²) in [4.78, 5) is 30.2. The van der Waals surface area contributed by atoms with Crippen molar-refractivity contribution in [3.63, 3.8) is 0 Å². The van der Waals surface area contributed by atoms with E-state index in [0.717, 1.165) is 61.7 Å². The molecule has 8 rings (SSSR count). The van der Waals surface area contributed by atoms with Crippen LogP contribution in [0.15, 0.2) is 36.4 Å². The van der Waals surface area contributed by atoms with Crippen LogP contribution in [0.4, 0.5) is 25.3 Å². The highest BCUT2D eigenvalue weighted by molar-refractivity contribution is 7.16. The van der Waals surface area contributed by atoms with Gasteiger partial charge < -0.3 is 19.8 Å². The van der Waals surface area contributed by atoms with Crippen molar-refractivity contribution in [3.8, 4) is 17.3 Å². The van der Waals surface area contributed by atoms with Crippen molar-refractivity contribution >= 4 is 44.7 Å². The summed E-state index contributed by atoms with van der Waals surface area (Å²) in [6.07, 6.45) is 1.21. The van der Waals surface area contributed by atoms with Gasteiger partial charge in [0.25, 0.3) is 0 Å². The van der Waals surface area contributed by atoms with Gasteiger partial charge in [-0.25, -0.2) is 18.7 Å². The molecule has 0 saturated carbocycles. The smallest absolute Gasteiger partial charge is 0.236 e. The number of aliphatic hydroxyl groups is 1. The number of nitriles is 1. The number of rotatable bonds is 6. The number of amides is 1. The first kappa shape index (κ1) is 27.4. The molecule has 2 aromatic heterocycles. The summed E-state index contributed by atoms with van der Waals surface area (Å²) in [5.41, 5.74) is 5.15. The Kier molecular flexibility index (Phi) is 6.17. The molecule has 1 amide bonds. The first-order valence-corrected chi connectivity index (χ1v) is 15.5. The van der Waals surface area contributed by atoms with Crippen LogP contribution >= 0.6 is 11.3 Å². The molecular formula is C32H29F2N7O2S. The predicted octanol–water partition coefficient (Wildman–Crippen LogP) is 3.70. The molecule has 3 saturated heterocycles. The molecule has 1 N–H and O–H groups in total. The molecule has 4 aromatic rings. The molecule has 2 aromatic carbocycles. The summed E-state index contributed by atoms with van der Waals surface area (Å²) >= 11 is 1.25. The third kappa shape index (κ3) is 4.33. The number of likely N-dealkylation sites (tertiary alicyclic amines) is 2. The van der Waals surface area contributed by atoms with Gasteiger partial charge in [-0.3, -0.25) is 9.69 Å². The minimum Gasteiger partial charge on any atom is -0.389 e. The predicted molar refractivity (Wildman–Crippen MR) is 163 cm³/mol. The molecule has 224 valence electrons. The molecule has 0 unspecified atom stereocenters. The van der Waals surface area contributed by atoms with Crippen LogP contribution in [0.3, 0.4) is 0 Å². The van der Waals surface area contributed by atoms with E-state index in [2.05, 4.69) is 20.9 Å². The van der Waals surface area contributed by atoms with Gasteiger partial charge in [0.15, 0.2) is 10.9 Å². The quantitative estimate of drug-likeness (QED) is 0.352. The minimum absolute atomic E-state index is 0.0607. The van der Waals surface area contributed by atoms with Crippen LogP contribution in [0.1, 0.15) is 16.1 Å². The molecule has 1 aliphatic carbocycles. The van der Waals surface area contributed by atoms with Gasteiger partial charge in [0, 0.05) is 74.1 Å². The summed E-state index contributed by atoms with van der Waals surface area (Å²) in [7, 11) is 1.89. The van der Waals surface area contributed by atoms with E-state index >= 15 is 4.39 Å². The molecule has 1 spiro atoms. The summed E-state index contributed by atoms with van der Waals surface area (Å²) in [5, 5.41) is 20.6. The lowest BCUT2D eigenvalue weighted by molar-refractivity contribution is -0.146. The van der Waals surface area contributed by atoms with Gasteiger partial charge in [-0.1, -0.05) is 11.3 Å². The number of aliphatic hydroxyl groups excluding tert-OH is 1. The average Bonchev–Trinajstić information content (AvgIpc) is 3.37. The maximum Gasteiger partial charge on any atom is 0.236 e. The Labute approximate surface area is 256 Å². The van der Waals surface area contributed by atoms with Crippen molar-refractivity contribution in [3.05, 3.63) is 64.2 Å². The Balaban J connectivity index is 1.06. The van der Waals surface area contributed by atoms with Crippen LogP contribution in [0, 0.1) is 28.4 Å². The number of β-amino-alcohol motifs (C(OH)–C–C–N with tert-alkyl or cyclic N) is 1. The summed E-state index contributed by atoms with van der Waals surface area (Å²) < 4.78 is 29.3. The van der Waals surface area contributed by atoms with Gasteiger partial charge in [0.1, 0.15) is 28.0 Å². The fraction of sp³-hybridized carbons (Fsp3) is 0.375. The highest BCUT2D eigenvalue weighted by Crippen LogP contribution is 2.46. The van der Waals surface area contributed by atoms with E-state index in [1.807, 2.05) is 18.0 Å². The number of pyridine rings is 1. The number of nitrogens with zero attached hydrogens (tertiary/aromatic N) is 7. The zero-order valence-electron chi connectivity index (χ0n) is 24.1. The molecule has 4 aliphatic rings. The van der Waals surface area contributed by atoms with Crippen LogP contribution in [-0.4, -0.2) is 89.7 Å². The van der Waals surface area contributed by atoms with E-state index in [0.29, 0.717) is 51.8 Å². The number of benzene rings is 2. The van der Waals surface area contributed by atoms with Crippen molar-refractivity contribution in [2.75, 3.05) is 62.7 Å². The largest absolute Gasteiger partial charge is 0.389 e. The Morgan fingerprint density at radius 1 is 1.14 bits per heavy atom. The van der Waals surface area contributed by atoms with Gasteiger partial charge in [0.05, 0.1) is 18.3 Å². The van der Waals surface area contributed by atoms with Crippen molar-refractivity contribution in [2.24, 2.45) is 5.41 Å². The summed E-state index contributed by atoms with van der Waals surface area (Å²) in [6.45, 7) is 4.44. The van der Waals surface area contributed by atoms with Gasteiger partial charge in [-0.05, 0) is 54.8 Å². The zero-order valence-corrected chi connectivity index (χ0v) is 24.9. The number of aryl methyl sites for hydroxylation is 1. The normalized spacial score (nSPS) is 18.7. The second-order valence-electron chi connectivity index (χ2n) is 12.5. The molecule has 5 heterocycles. The summed E-state index contributed by atoms with van der Waals surface area (Å²) in [5.74, 6) is -0.670. The molecule has 0 atom stereocenters. The van der Waals surface area contributed by atoms with E-state index in [4.69, 9.17) is 4.98 Å².